The van der Waals surface area contributed by atoms with Crippen molar-refractivity contribution in [2.45, 2.75) is 24.8 Å². The van der Waals surface area contributed by atoms with E-state index in [0.717, 1.165) is 0 Å². The highest BCUT2D eigenvalue weighted by Crippen LogP contribution is 2.17. The molecule has 0 aromatic heterocycles. The van der Waals surface area contributed by atoms with Crippen LogP contribution in [0.2, 0.25) is 0 Å². The average Bonchev–Trinajstić information content (AvgIpc) is 2.46. The molecule has 0 radical (unpaired) electrons. The number of benzene rings is 2. The summed E-state index contributed by atoms with van der Waals surface area (Å²) < 4.78 is 28.1. The monoisotopic (exact) mass is 334 g/mol. The minimum absolute atomic E-state index is 0.0515. The summed E-state index contributed by atoms with van der Waals surface area (Å²) in [6.45, 7) is 3.83. The van der Waals surface area contributed by atoms with Crippen LogP contribution in [0, 0.1) is 0 Å². The van der Waals surface area contributed by atoms with Crippen molar-refractivity contribution >= 4 is 21.6 Å². The lowest BCUT2D eigenvalue weighted by molar-refractivity contribution is 0.102. The van der Waals surface area contributed by atoms with E-state index in [4.69, 9.17) is 9.88 Å². The fourth-order valence-electron chi connectivity index (χ4n) is 1.91. The molecule has 0 heterocycles. The van der Waals surface area contributed by atoms with Gasteiger partial charge in [-0.3, -0.25) is 4.79 Å². The Morgan fingerprint density at radius 3 is 2.35 bits per heavy atom. The quantitative estimate of drug-likeness (QED) is 0.877. The van der Waals surface area contributed by atoms with Gasteiger partial charge in [-0.1, -0.05) is 6.07 Å². The van der Waals surface area contributed by atoms with Crippen LogP contribution in [0.3, 0.4) is 0 Å². The second-order valence-corrected chi connectivity index (χ2v) is 6.78. The molecule has 0 saturated heterocycles. The maximum atomic E-state index is 12.2. The first kappa shape index (κ1) is 17.0. The van der Waals surface area contributed by atoms with Crippen molar-refractivity contribution in [1.82, 2.24) is 0 Å². The lowest BCUT2D eigenvalue weighted by Crippen LogP contribution is -2.15. The number of nitrogens with one attached hydrogen (secondary N) is 1. The highest BCUT2D eigenvalue weighted by Gasteiger charge is 2.11. The van der Waals surface area contributed by atoms with E-state index in [1.54, 1.807) is 30.3 Å². The van der Waals surface area contributed by atoms with Crippen LogP contribution in [0.15, 0.2) is 53.4 Å². The van der Waals surface area contributed by atoms with Gasteiger partial charge in [0.2, 0.25) is 10.0 Å². The van der Waals surface area contributed by atoms with E-state index in [0.29, 0.717) is 17.0 Å². The summed E-state index contributed by atoms with van der Waals surface area (Å²) in [6, 6.07) is 12.4. The van der Waals surface area contributed by atoms with Crippen molar-refractivity contribution in [2.24, 2.45) is 5.14 Å². The van der Waals surface area contributed by atoms with Gasteiger partial charge in [0.25, 0.3) is 5.91 Å². The standard InChI is InChI=1S/C16H18N2O4S/c1-11(2)22-14-8-6-12(7-9-14)16(19)18-13-4-3-5-15(10-13)23(17,20)21/h3-11H,1-2H3,(H,18,19)(H2,17,20,21). The second kappa shape index (κ2) is 6.80. The van der Waals surface area contributed by atoms with Crippen LogP contribution >= 0.6 is 0 Å². The van der Waals surface area contributed by atoms with Gasteiger partial charge < -0.3 is 10.1 Å². The van der Waals surface area contributed by atoms with Gasteiger partial charge in [-0.15, -0.1) is 0 Å². The predicted molar refractivity (Wildman–Crippen MR) is 88.0 cm³/mol. The van der Waals surface area contributed by atoms with Gasteiger partial charge in [0.15, 0.2) is 0 Å². The highest BCUT2D eigenvalue weighted by atomic mass is 32.2. The van der Waals surface area contributed by atoms with Gasteiger partial charge in [0.05, 0.1) is 11.0 Å². The lowest BCUT2D eigenvalue weighted by atomic mass is 10.2. The maximum absolute atomic E-state index is 12.2. The maximum Gasteiger partial charge on any atom is 0.255 e. The summed E-state index contributed by atoms with van der Waals surface area (Å²) in [4.78, 5) is 12.1. The van der Waals surface area contributed by atoms with Gasteiger partial charge in [-0.05, 0) is 56.3 Å². The Hall–Kier alpha value is -2.38. The van der Waals surface area contributed by atoms with Gasteiger partial charge in [0, 0.05) is 11.3 Å². The molecule has 23 heavy (non-hydrogen) atoms. The molecule has 1 amide bonds. The Morgan fingerprint density at radius 2 is 1.78 bits per heavy atom. The summed E-state index contributed by atoms with van der Waals surface area (Å²) >= 11 is 0. The normalized spacial score (nSPS) is 11.3. The molecular formula is C16H18N2O4S. The summed E-state index contributed by atoms with van der Waals surface area (Å²) in [5, 5.41) is 7.70. The largest absolute Gasteiger partial charge is 0.491 e. The third kappa shape index (κ3) is 4.80. The molecule has 0 unspecified atom stereocenters. The molecule has 0 aliphatic carbocycles. The number of ether oxygens (including phenoxy) is 1. The van der Waals surface area contributed by atoms with Crippen LogP contribution < -0.4 is 15.2 Å². The SMILES string of the molecule is CC(C)Oc1ccc(C(=O)Nc2cccc(S(N)(=O)=O)c2)cc1. The Bertz CT molecular complexity index is 799. The zero-order valence-corrected chi connectivity index (χ0v) is 13.6. The molecule has 0 spiro atoms. The number of hydrogen-bond donors (Lipinski definition) is 2. The molecule has 7 heteroatoms. The van der Waals surface area contributed by atoms with Crippen LogP contribution in [0.5, 0.6) is 5.75 Å². The molecule has 6 nitrogen and oxygen atoms in total. The van der Waals surface area contributed by atoms with Crippen LogP contribution in [0.4, 0.5) is 5.69 Å². The van der Waals surface area contributed by atoms with Crippen LogP contribution in [-0.4, -0.2) is 20.4 Å². The topological polar surface area (TPSA) is 98.5 Å². The summed E-state index contributed by atoms with van der Waals surface area (Å²) in [5.74, 6) is 0.320. The molecule has 0 aliphatic rings. The summed E-state index contributed by atoms with van der Waals surface area (Å²) in [6.07, 6.45) is 0.0515. The fraction of sp³-hybridized carbons (Fsp3) is 0.188. The number of carbonyl (C=O) groups excluding carboxylic acids is 1. The van der Waals surface area contributed by atoms with Crippen molar-refractivity contribution < 1.29 is 17.9 Å². The highest BCUT2D eigenvalue weighted by molar-refractivity contribution is 7.89. The van der Waals surface area contributed by atoms with Crippen LogP contribution in [-0.2, 0) is 10.0 Å². The number of nitrogens with two attached hydrogens (primary N) is 1. The second-order valence-electron chi connectivity index (χ2n) is 5.22. The smallest absolute Gasteiger partial charge is 0.255 e. The molecule has 0 bridgehead atoms. The first-order valence-corrected chi connectivity index (χ1v) is 8.51. The zero-order valence-electron chi connectivity index (χ0n) is 12.8. The van der Waals surface area contributed by atoms with E-state index >= 15 is 0 Å². The van der Waals surface area contributed by atoms with Gasteiger partial charge in [0.1, 0.15) is 5.75 Å². The molecule has 3 N–H and O–H groups in total. The van der Waals surface area contributed by atoms with Crippen molar-refractivity contribution in [3.8, 4) is 5.75 Å². The first-order valence-electron chi connectivity index (χ1n) is 6.96. The number of amides is 1. The van der Waals surface area contributed by atoms with E-state index in [2.05, 4.69) is 5.32 Å². The van der Waals surface area contributed by atoms with E-state index in [-0.39, 0.29) is 16.9 Å². The van der Waals surface area contributed by atoms with E-state index in [1.165, 1.54) is 18.2 Å². The summed E-state index contributed by atoms with van der Waals surface area (Å²) in [7, 11) is -3.81. The average molecular weight is 334 g/mol. The van der Waals surface area contributed by atoms with Gasteiger partial charge in [-0.2, -0.15) is 0 Å². The Morgan fingerprint density at radius 1 is 1.13 bits per heavy atom. The minimum Gasteiger partial charge on any atom is -0.491 e. The van der Waals surface area contributed by atoms with Crippen molar-refractivity contribution in [3.63, 3.8) is 0 Å². The number of primary sulfonamides is 1. The van der Waals surface area contributed by atoms with E-state index in [1.807, 2.05) is 13.8 Å². The molecule has 0 aliphatic heterocycles. The Balaban J connectivity index is 2.13. The molecule has 122 valence electrons. The Labute approximate surface area is 135 Å². The van der Waals surface area contributed by atoms with Crippen LogP contribution in [0.25, 0.3) is 0 Å². The molecule has 0 atom stereocenters. The fourth-order valence-corrected chi connectivity index (χ4v) is 2.47. The number of anilines is 1. The number of sulfonamides is 1. The molecule has 2 rings (SSSR count). The Kier molecular flexibility index (Phi) is 5.02. The molecule has 0 saturated carbocycles. The summed E-state index contributed by atoms with van der Waals surface area (Å²) in [5.41, 5.74) is 0.783. The van der Waals surface area contributed by atoms with Gasteiger partial charge >= 0.3 is 0 Å². The molecular weight excluding hydrogens is 316 g/mol. The third-order valence-electron chi connectivity index (χ3n) is 2.91. The zero-order chi connectivity index (χ0) is 17.0. The lowest BCUT2D eigenvalue weighted by Gasteiger charge is -2.10. The van der Waals surface area contributed by atoms with E-state index < -0.39 is 10.0 Å². The third-order valence-corrected chi connectivity index (χ3v) is 3.82. The number of rotatable bonds is 5. The van der Waals surface area contributed by atoms with Crippen LogP contribution in [0.1, 0.15) is 24.2 Å². The minimum atomic E-state index is -3.81. The predicted octanol–water partition coefficient (Wildman–Crippen LogP) is 2.37. The van der Waals surface area contributed by atoms with Crippen molar-refractivity contribution in [3.05, 3.63) is 54.1 Å². The molecule has 2 aromatic rings. The van der Waals surface area contributed by atoms with Crippen molar-refractivity contribution in [2.75, 3.05) is 5.32 Å². The number of hydrogen-bond acceptors (Lipinski definition) is 4. The van der Waals surface area contributed by atoms with Gasteiger partial charge in [-0.25, -0.2) is 13.6 Å². The molecule has 0 fully saturated rings. The number of carbonyl (C=O) groups is 1. The molecule has 2 aromatic carbocycles. The first-order chi connectivity index (χ1) is 10.8. The van der Waals surface area contributed by atoms with E-state index in [9.17, 15) is 13.2 Å². The van der Waals surface area contributed by atoms with Crippen molar-refractivity contribution in [1.29, 1.82) is 0 Å².